The topological polar surface area (TPSA) is 80.5 Å². The minimum absolute atomic E-state index is 0.0816. The lowest BCUT2D eigenvalue weighted by Crippen LogP contribution is -2.31. The highest BCUT2D eigenvalue weighted by Gasteiger charge is 2.26. The molecule has 0 saturated heterocycles. The molecular weight excluding hydrogens is 335 g/mol. The van der Waals surface area contributed by atoms with Gasteiger partial charge in [-0.05, 0) is 36.8 Å². The quantitative estimate of drug-likeness (QED) is 0.454. The van der Waals surface area contributed by atoms with Gasteiger partial charge in [0.1, 0.15) is 5.82 Å². The first kappa shape index (κ1) is 17.6. The van der Waals surface area contributed by atoms with Gasteiger partial charge in [0.25, 0.3) is 15.7 Å². The van der Waals surface area contributed by atoms with Crippen LogP contribution in [0.15, 0.2) is 60.0 Å². The van der Waals surface area contributed by atoms with Gasteiger partial charge in [-0.25, -0.2) is 12.8 Å². The molecular formula is C16H15FN2O4S. The summed E-state index contributed by atoms with van der Waals surface area (Å²) in [6.07, 6.45) is 1.37. The maximum atomic E-state index is 13.1. The van der Waals surface area contributed by atoms with Crippen LogP contribution in [0.1, 0.15) is 5.56 Å². The highest BCUT2D eigenvalue weighted by molar-refractivity contribution is 7.92. The second kappa shape index (κ2) is 6.79. The average Bonchev–Trinajstić information content (AvgIpc) is 2.53. The van der Waals surface area contributed by atoms with Gasteiger partial charge in [-0.15, -0.1) is 6.58 Å². The van der Waals surface area contributed by atoms with Crippen molar-refractivity contribution >= 4 is 21.4 Å². The van der Waals surface area contributed by atoms with E-state index in [2.05, 4.69) is 6.58 Å². The van der Waals surface area contributed by atoms with Crippen LogP contribution in [0.25, 0.3) is 0 Å². The van der Waals surface area contributed by atoms with Crippen LogP contribution in [0.4, 0.5) is 15.8 Å². The van der Waals surface area contributed by atoms with Crippen molar-refractivity contribution in [1.29, 1.82) is 0 Å². The summed E-state index contributed by atoms with van der Waals surface area (Å²) in [6.45, 7) is 5.10. The molecule has 6 nitrogen and oxygen atoms in total. The van der Waals surface area contributed by atoms with Crippen LogP contribution in [0.3, 0.4) is 0 Å². The molecule has 0 aliphatic heterocycles. The predicted molar refractivity (Wildman–Crippen MR) is 89.0 cm³/mol. The van der Waals surface area contributed by atoms with Crippen molar-refractivity contribution in [3.05, 3.63) is 76.6 Å². The molecule has 0 saturated carbocycles. The zero-order valence-corrected chi connectivity index (χ0v) is 13.7. The smallest absolute Gasteiger partial charge is 0.262 e. The van der Waals surface area contributed by atoms with Crippen molar-refractivity contribution in [1.82, 2.24) is 0 Å². The van der Waals surface area contributed by atoms with Gasteiger partial charge in [-0.1, -0.05) is 12.1 Å². The van der Waals surface area contributed by atoms with Crippen molar-refractivity contribution in [2.45, 2.75) is 11.8 Å². The zero-order chi connectivity index (χ0) is 17.9. The van der Waals surface area contributed by atoms with E-state index in [-0.39, 0.29) is 22.8 Å². The van der Waals surface area contributed by atoms with E-state index in [0.29, 0.717) is 5.56 Å². The Bertz CT molecular complexity index is 879. The van der Waals surface area contributed by atoms with E-state index in [9.17, 15) is 22.9 Å². The number of rotatable bonds is 6. The number of nitro benzene ring substituents is 1. The zero-order valence-electron chi connectivity index (χ0n) is 12.8. The normalized spacial score (nSPS) is 11.1. The highest BCUT2D eigenvalue weighted by atomic mass is 32.2. The Morgan fingerprint density at radius 1 is 1.25 bits per heavy atom. The number of halogens is 1. The maximum absolute atomic E-state index is 13.1. The molecule has 0 spiro atoms. The SMILES string of the molecule is C=CCN(c1cc([N+](=O)[O-])ccc1C)S(=O)(=O)c1ccc(F)cc1. The van der Waals surface area contributed by atoms with E-state index in [1.54, 1.807) is 6.92 Å². The molecule has 2 aromatic carbocycles. The molecule has 24 heavy (non-hydrogen) atoms. The second-order valence-electron chi connectivity index (χ2n) is 5.01. The predicted octanol–water partition coefficient (Wildman–Crippen LogP) is 3.42. The van der Waals surface area contributed by atoms with Gasteiger partial charge in [0.2, 0.25) is 0 Å². The van der Waals surface area contributed by atoms with Crippen LogP contribution in [-0.2, 0) is 10.0 Å². The van der Waals surface area contributed by atoms with Crippen molar-refractivity contribution in [3.8, 4) is 0 Å². The number of hydrogen-bond donors (Lipinski definition) is 0. The van der Waals surface area contributed by atoms with Crippen LogP contribution in [-0.4, -0.2) is 19.9 Å². The second-order valence-corrected chi connectivity index (χ2v) is 6.87. The van der Waals surface area contributed by atoms with Gasteiger partial charge in [0, 0.05) is 12.1 Å². The molecule has 8 heteroatoms. The third kappa shape index (κ3) is 3.43. The third-order valence-electron chi connectivity index (χ3n) is 3.37. The van der Waals surface area contributed by atoms with E-state index in [1.807, 2.05) is 0 Å². The number of nitro groups is 1. The largest absolute Gasteiger partial charge is 0.271 e. The fraction of sp³-hybridized carbons (Fsp3) is 0.125. The van der Waals surface area contributed by atoms with Gasteiger partial charge >= 0.3 is 0 Å². The summed E-state index contributed by atoms with van der Waals surface area (Å²) in [6, 6.07) is 8.35. The Morgan fingerprint density at radius 2 is 1.88 bits per heavy atom. The summed E-state index contributed by atoms with van der Waals surface area (Å²) >= 11 is 0. The summed E-state index contributed by atoms with van der Waals surface area (Å²) in [7, 11) is -4.03. The number of anilines is 1. The number of nitrogens with zero attached hydrogens (tertiary/aromatic N) is 2. The Kier molecular flexibility index (Phi) is 4.99. The van der Waals surface area contributed by atoms with E-state index in [1.165, 1.54) is 24.3 Å². The van der Waals surface area contributed by atoms with Gasteiger partial charge in [-0.2, -0.15) is 0 Å². The lowest BCUT2D eigenvalue weighted by Gasteiger charge is -2.24. The van der Waals surface area contributed by atoms with Crippen LogP contribution in [0.5, 0.6) is 0 Å². The molecule has 0 aromatic heterocycles. The Balaban J connectivity index is 2.61. The molecule has 0 radical (unpaired) electrons. The average molecular weight is 350 g/mol. The number of sulfonamides is 1. The molecule has 0 amide bonds. The molecule has 126 valence electrons. The number of non-ortho nitro benzene ring substituents is 1. The number of benzene rings is 2. The first-order valence-corrected chi connectivity index (χ1v) is 8.35. The van der Waals surface area contributed by atoms with Crippen molar-refractivity contribution < 1.29 is 17.7 Å². The first-order chi connectivity index (χ1) is 11.3. The molecule has 0 N–H and O–H groups in total. The standard InChI is InChI=1S/C16H15FN2O4S/c1-3-10-18(16-11-14(19(20)21)7-4-12(16)2)24(22,23)15-8-5-13(17)6-9-15/h3-9,11H,1,10H2,2H3. The molecule has 0 heterocycles. The van der Waals surface area contributed by atoms with Crippen molar-refractivity contribution in [3.63, 3.8) is 0 Å². The monoisotopic (exact) mass is 350 g/mol. The molecule has 2 aromatic rings. The molecule has 0 unspecified atom stereocenters. The lowest BCUT2D eigenvalue weighted by molar-refractivity contribution is -0.384. The minimum atomic E-state index is -4.03. The summed E-state index contributed by atoms with van der Waals surface area (Å²) in [5.41, 5.74) is 0.500. The third-order valence-corrected chi connectivity index (χ3v) is 5.16. The van der Waals surface area contributed by atoms with E-state index >= 15 is 0 Å². The molecule has 2 rings (SSSR count). The van der Waals surface area contributed by atoms with Gasteiger partial charge < -0.3 is 0 Å². The Hall–Kier alpha value is -2.74. The summed E-state index contributed by atoms with van der Waals surface area (Å²) in [5.74, 6) is -0.559. The fourth-order valence-corrected chi connectivity index (χ4v) is 3.65. The van der Waals surface area contributed by atoms with Gasteiger partial charge in [0.15, 0.2) is 0 Å². The fourth-order valence-electron chi connectivity index (χ4n) is 2.16. The van der Waals surface area contributed by atoms with Crippen LogP contribution < -0.4 is 4.31 Å². The first-order valence-electron chi connectivity index (χ1n) is 6.91. The van der Waals surface area contributed by atoms with Crippen LogP contribution in [0.2, 0.25) is 0 Å². The van der Waals surface area contributed by atoms with Crippen molar-refractivity contribution in [2.24, 2.45) is 0 Å². The van der Waals surface area contributed by atoms with E-state index in [4.69, 9.17) is 0 Å². The van der Waals surface area contributed by atoms with E-state index < -0.39 is 20.8 Å². The highest BCUT2D eigenvalue weighted by Crippen LogP contribution is 2.30. The van der Waals surface area contributed by atoms with Crippen LogP contribution in [0, 0.1) is 22.9 Å². The van der Waals surface area contributed by atoms with Gasteiger partial charge in [-0.3, -0.25) is 14.4 Å². The van der Waals surface area contributed by atoms with Crippen LogP contribution >= 0.6 is 0 Å². The molecule has 0 atom stereocenters. The maximum Gasteiger partial charge on any atom is 0.271 e. The molecule has 0 bridgehead atoms. The summed E-state index contributed by atoms with van der Waals surface area (Å²) in [5, 5.41) is 11.0. The van der Waals surface area contributed by atoms with Gasteiger partial charge in [0.05, 0.1) is 22.1 Å². The minimum Gasteiger partial charge on any atom is -0.262 e. The number of aryl methyl sites for hydroxylation is 1. The molecule has 0 fully saturated rings. The van der Waals surface area contributed by atoms with E-state index in [0.717, 1.165) is 28.6 Å². The molecule has 0 aliphatic carbocycles. The Labute approximate surface area is 139 Å². The molecule has 0 aliphatic rings. The summed E-state index contributed by atoms with van der Waals surface area (Å²) in [4.78, 5) is 10.3. The summed E-state index contributed by atoms with van der Waals surface area (Å²) < 4.78 is 39.8. The van der Waals surface area contributed by atoms with Crippen molar-refractivity contribution in [2.75, 3.05) is 10.8 Å². The lowest BCUT2D eigenvalue weighted by atomic mass is 10.2. The number of hydrogen-bond acceptors (Lipinski definition) is 4. The Morgan fingerprint density at radius 3 is 2.42 bits per heavy atom.